The number of anilines is 3. The third-order valence-electron chi connectivity index (χ3n) is 6.69. The standard InChI is InChI=1S/C22H30N8O2S/c23-14-5-7-16(8-6-14)27-22-28-20(26-15-9-11-18(12-10-15)33(24,31)32)19-21(29-22)30(13-25-19)17-3-1-2-4-17/h9-14,16-17H,1-8,23H2,(H2,24,31,32)(H2,26,27,28,29). The van der Waals surface area contributed by atoms with Gasteiger partial charge in [0.2, 0.25) is 16.0 Å². The van der Waals surface area contributed by atoms with Gasteiger partial charge in [-0.05, 0) is 62.8 Å². The molecule has 0 bridgehead atoms. The summed E-state index contributed by atoms with van der Waals surface area (Å²) >= 11 is 0. The van der Waals surface area contributed by atoms with Crippen molar-refractivity contribution in [2.24, 2.45) is 10.9 Å². The lowest BCUT2D eigenvalue weighted by molar-refractivity contribution is 0.410. The van der Waals surface area contributed by atoms with Crippen LogP contribution in [0.4, 0.5) is 17.5 Å². The molecular weight excluding hydrogens is 440 g/mol. The van der Waals surface area contributed by atoms with Gasteiger partial charge in [0.05, 0.1) is 11.2 Å². The van der Waals surface area contributed by atoms with Crippen molar-refractivity contribution >= 4 is 38.6 Å². The summed E-state index contributed by atoms with van der Waals surface area (Å²) in [5, 5.41) is 12.0. The summed E-state index contributed by atoms with van der Waals surface area (Å²) in [4.78, 5) is 14.3. The molecule has 1 aromatic carbocycles. The van der Waals surface area contributed by atoms with E-state index in [1.807, 2.05) is 6.33 Å². The molecule has 2 aromatic heterocycles. The molecule has 10 nitrogen and oxygen atoms in total. The molecule has 0 radical (unpaired) electrons. The Bertz CT molecular complexity index is 1230. The Morgan fingerprint density at radius 3 is 2.33 bits per heavy atom. The van der Waals surface area contributed by atoms with E-state index in [-0.39, 0.29) is 17.0 Å². The molecular formula is C22H30N8O2S. The Kier molecular flexibility index (Phi) is 5.94. The zero-order valence-corrected chi connectivity index (χ0v) is 19.3. The molecule has 0 spiro atoms. The van der Waals surface area contributed by atoms with E-state index >= 15 is 0 Å². The van der Waals surface area contributed by atoms with Crippen LogP contribution in [0.15, 0.2) is 35.5 Å². The molecule has 11 heteroatoms. The maximum atomic E-state index is 11.6. The van der Waals surface area contributed by atoms with Crippen LogP contribution in [0.2, 0.25) is 0 Å². The number of sulfonamides is 1. The summed E-state index contributed by atoms with van der Waals surface area (Å²) in [6, 6.07) is 7.22. The van der Waals surface area contributed by atoms with Gasteiger partial charge in [-0.25, -0.2) is 18.5 Å². The maximum absolute atomic E-state index is 11.6. The lowest BCUT2D eigenvalue weighted by Gasteiger charge is -2.27. The highest BCUT2D eigenvalue weighted by Crippen LogP contribution is 2.34. The quantitative estimate of drug-likeness (QED) is 0.429. The summed E-state index contributed by atoms with van der Waals surface area (Å²) in [6.07, 6.45) is 10.5. The lowest BCUT2D eigenvalue weighted by atomic mass is 9.92. The summed E-state index contributed by atoms with van der Waals surface area (Å²) in [5.74, 6) is 1.14. The van der Waals surface area contributed by atoms with Gasteiger partial charge in [-0.2, -0.15) is 9.97 Å². The predicted molar refractivity (Wildman–Crippen MR) is 128 cm³/mol. The van der Waals surface area contributed by atoms with E-state index in [1.54, 1.807) is 12.1 Å². The minimum atomic E-state index is -3.75. The summed E-state index contributed by atoms with van der Waals surface area (Å²) in [7, 11) is -3.75. The largest absolute Gasteiger partial charge is 0.351 e. The second-order valence-corrected chi connectivity index (χ2v) is 10.7. The van der Waals surface area contributed by atoms with Gasteiger partial charge in [-0.1, -0.05) is 12.8 Å². The molecule has 176 valence electrons. The fraction of sp³-hybridized carbons (Fsp3) is 0.500. The smallest absolute Gasteiger partial charge is 0.238 e. The first kappa shape index (κ1) is 22.1. The number of hydrogen-bond acceptors (Lipinski definition) is 8. The minimum Gasteiger partial charge on any atom is -0.351 e. The Morgan fingerprint density at radius 1 is 0.970 bits per heavy atom. The van der Waals surface area contributed by atoms with Crippen LogP contribution in [-0.2, 0) is 10.0 Å². The molecule has 0 aliphatic heterocycles. The van der Waals surface area contributed by atoms with Crippen molar-refractivity contribution in [2.45, 2.75) is 74.4 Å². The Balaban J connectivity index is 1.49. The van der Waals surface area contributed by atoms with Crippen LogP contribution in [0.25, 0.3) is 11.2 Å². The van der Waals surface area contributed by atoms with Gasteiger partial charge in [0.25, 0.3) is 0 Å². The van der Waals surface area contributed by atoms with Crippen LogP contribution in [0.3, 0.4) is 0 Å². The number of nitrogens with two attached hydrogens (primary N) is 2. The molecule has 2 aliphatic rings. The normalized spacial score (nSPS) is 22.0. The van der Waals surface area contributed by atoms with Crippen LogP contribution in [0.5, 0.6) is 0 Å². The number of rotatable bonds is 6. The maximum Gasteiger partial charge on any atom is 0.238 e. The third-order valence-corrected chi connectivity index (χ3v) is 7.62. The molecule has 0 unspecified atom stereocenters. The SMILES string of the molecule is NC1CCC(Nc2nc(Nc3ccc(S(N)(=O)=O)cc3)c3ncn(C4CCCC4)c3n2)CC1. The molecule has 3 aromatic rings. The van der Waals surface area contributed by atoms with E-state index in [2.05, 4.69) is 20.2 Å². The van der Waals surface area contributed by atoms with Crippen molar-refractivity contribution in [2.75, 3.05) is 10.6 Å². The monoisotopic (exact) mass is 470 g/mol. The molecule has 0 amide bonds. The Morgan fingerprint density at radius 2 is 1.67 bits per heavy atom. The molecule has 33 heavy (non-hydrogen) atoms. The van der Waals surface area contributed by atoms with Gasteiger partial charge in [0, 0.05) is 23.8 Å². The van der Waals surface area contributed by atoms with Gasteiger partial charge in [-0.15, -0.1) is 0 Å². The van der Waals surface area contributed by atoms with Crippen molar-refractivity contribution in [3.8, 4) is 0 Å². The van der Waals surface area contributed by atoms with Crippen molar-refractivity contribution in [3.05, 3.63) is 30.6 Å². The number of imidazole rings is 1. The summed E-state index contributed by atoms with van der Waals surface area (Å²) in [6.45, 7) is 0. The van der Waals surface area contributed by atoms with Gasteiger partial charge < -0.3 is 20.9 Å². The highest BCUT2D eigenvalue weighted by Gasteiger charge is 2.24. The van der Waals surface area contributed by atoms with E-state index in [1.165, 1.54) is 25.0 Å². The second-order valence-electron chi connectivity index (χ2n) is 9.11. The fourth-order valence-corrected chi connectivity index (χ4v) is 5.34. The number of aromatic nitrogens is 4. The number of fused-ring (bicyclic) bond motifs is 1. The van der Waals surface area contributed by atoms with E-state index < -0.39 is 10.0 Å². The first-order chi connectivity index (χ1) is 15.9. The zero-order chi connectivity index (χ0) is 23.0. The lowest BCUT2D eigenvalue weighted by Crippen LogP contribution is -2.33. The number of nitrogens with one attached hydrogen (secondary N) is 2. The van der Waals surface area contributed by atoms with Crippen LogP contribution in [-0.4, -0.2) is 40.0 Å². The summed E-state index contributed by atoms with van der Waals surface area (Å²) < 4.78 is 25.3. The van der Waals surface area contributed by atoms with Gasteiger partial charge in [0.15, 0.2) is 17.0 Å². The van der Waals surface area contributed by atoms with Crippen LogP contribution in [0.1, 0.15) is 57.4 Å². The highest BCUT2D eigenvalue weighted by atomic mass is 32.2. The van der Waals surface area contributed by atoms with Crippen molar-refractivity contribution < 1.29 is 8.42 Å². The molecule has 2 fully saturated rings. The van der Waals surface area contributed by atoms with E-state index in [4.69, 9.17) is 20.8 Å². The number of nitrogens with zero attached hydrogens (tertiary/aromatic N) is 4. The third kappa shape index (κ3) is 4.80. The van der Waals surface area contributed by atoms with Crippen molar-refractivity contribution in [3.63, 3.8) is 0 Å². The second kappa shape index (κ2) is 8.88. The molecule has 0 atom stereocenters. The molecule has 2 saturated carbocycles. The van der Waals surface area contributed by atoms with Gasteiger partial charge in [0.1, 0.15) is 0 Å². The molecule has 0 saturated heterocycles. The van der Waals surface area contributed by atoms with E-state index in [9.17, 15) is 8.42 Å². The number of hydrogen-bond donors (Lipinski definition) is 4. The van der Waals surface area contributed by atoms with Crippen molar-refractivity contribution in [1.82, 2.24) is 19.5 Å². The number of primary sulfonamides is 1. The van der Waals surface area contributed by atoms with Crippen molar-refractivity contribution in [1.29, 1.82) is 0 Å². The average Bonchev–Trinajstić information content (AvgIpc) is 3.45. The predicted octanol–water partition coefficient (Wildman–Crippen LogP) is 3.01. The van der Waals surface area contributed by atoms with Gasteiger partial charge in [-0.3, -0.25) is 0 Å². The van der Waals surface area contributed by atoms with Crippen LogP contribution >= 0.6 is 0 Å². The number of benzene rings is 1. The average molecular weight is 471 g/mol. The molecule has 2 aliphatic carbocycles. The van der Waals surface area contributed by atoms with Gasteiger partial charge >= 0.3 is 0 Å². The Labute approximate surface area is 193 Å². The zero-order valence-electron chi connectivity index (χ0n) is 18.4. The Hall–Kier alpha value is -2.76. The molecule has 5 rings (SSSR count). The minimum absolute atomic E-state index is 0.0595. The van der Waals surface area contributed by atoms with E-state index in [0.717, 1.165) is 44.2 Å². The van der Waals surface area contributed by atoms with Crippen LogP contribution in [0, 0.1) is 0 Å². The molecule has 6 N–H and O–H groups in total. The summed E-state index contributed by atoms with van der Waals surface area (Å²) in [5.41, 5.74) is 8.24. The van der Waals surface area contributed by atoms with E-state index in [0.29, 0.717) is 29.0 Å². The fourth-order valence-electron chi connectivity index (χ4n) is 4.83. The first-order valence-corrected chi connectivity index (χ1v) is 13.1. The highest BCUT2D eigenvalue weighted by molar-refractivity contribution is 7.89. The first-order valence-electron chi connectivity index (χ1n) is 11.5. The topological polar surface area (TPSA) is 154 Å². The van der Waals surface area contributed by atoms with Crippen LogP contribution < -0.4 is 21.5 Å². The molecule has 2 heterocycles.